The second-order valence-corrected chi connectivity index (χ2v) is 6.37. The van der Waals surface area contributed by atoms with Gasteiger partial charge in [0.25, 0.3) is 0 Å². The number of hydrogen-bond donors (Lipinski definition) is 1. The van der Waals surface area contributed by atoms with E-state index in [0.717, 1.165) is 21.9 Å². The molecule has 0 fully saturated rings. The SMILES string of the molecule is Brc1cc(Br)c2c(c1)-[n+]1ccsc1CCN2.[Br-]. The predicted octanol–water partition coefficient (Wildman–Crippen LogP) is 0.522. The summed E-state index contributed by atoms with van der Waals surface area (Å²) in [7, 11) is 0. The van der Waals surface area contributed by atoms with E-state index in [1.54, 1.807) is 11.3 Å². The maximum Gasteiger partial charge on any atom is 0.244 e. The zero-order chi connectivity index (χ0) is 11.1. The molecule has 1 aliphatic rings. The lowest BCUT2D eigenvalue weighted by atomic mass is 10.2. The Morgan fingerprint density at radius 2 is 2.12 bits per heavy atom. The number of anilines is 1. The summed E-state index contributed by atoms with van der Waals surface area (Å²) in [4.78, 5) is 0. The monoisotopic (exact) mass is 438 g/mol. The fraction of sp³-hybridized carbons (Fsp3) is 0.182. The number of benzene rings is 1. The van der Waals surface area contributed by atoms with Gasteiger partial charge in [0.1, 0.15) is 5.69 Å². The molecule has 0 aliphatic carbocycles. The van der Waals surface area contributed by atoms with E-state index in [9.17, 15) is 0 Å². The van der Waals surface area contributed by atoms with Crippen molar-refractivity contribution in [3.8, 4) is 5.69 Å². The smallest absolute Gasteiger partial charge is 0.244 e. The van der Waals surface area contributed by atoms with Crippen molar-refractivity contribution in [2.75, 3.05) is 11.9 Å². The van der Waals surface area contributed by atoms with Crippen LogP contribution in [0.1, 0.15) is 5.01 Å². The van der Waals surface area contributed by atoms with E-state index >= 15 is 0 Å². The van der Waals surface area contributed by atoms with Crippen LogP contribution in [0.3, 0.4) is 0 Å². The van der Waals surface area contributed by atoms with Gasteiger partial charge in [0, 0.05) is 21.6 Å². The Kier molecular flexibility index (Phi) is 4.28. The molecular formula is C11H9Br3N2S. The summed E-state index contributed by atoms with van der Waals surface area (Å²) in [5.41, 5.74) is 2.38. The Morgan fingerprint density at radius 1 is 1.29 bits per heavy atom. The first kappa shape index (κ1) is 13.5. The predicted molar refractivity (Wildman–Crippen MR) is 73.4 cm³/mol. The van der Waals surface area contributed by atoms with Crippen LogP contribution in [0, 0.1) is 0 Å². The second kappa shape index (κ2) is 5.38. The summed E-state index contributed by atoms with van der Waals surface area (Å²) in [6.07, 6.45) is 3.20. The van der Waals surface area contributed by atoms with E-state index in [1.807, 2.05) is 0 Å². The number of halogens is 3. The van der Waals surface area contributed by atoms with Crippen LogP contribution in [0.25, 0.3) is 5.69 Å². The number of thiazole rings is 1. The number of rotatable bonds is 0. The number of aromatic nitrogens is 1. The zero-order valence-corrected chi connectivity index (χ0v) is 14.3. The topological polar surface area (TPSA) is 15.9 Å². The van der Waals surface area contributed by atoms with Crippen molar-refractivity contribution in [3.63, 3.8) is 0 Å². The summed E-state index contributed by atoms with van der Waals surface area (Å²) in [5, 5.41) is 7.00. The molecule has 1 aromatic heterocycles. The summed E-state index contributed by atoms with van der Waals surface area (Å²) in [6, 6.07) is 4.22. The van der Waals surface area contributed by atoms with Crippen LogP contribution in [0.15, 0.2) is 32.7 Å². The third-order valence-electron chi connectivity index (χ3n) is 2.62. The highest BCUT2D eigenvalue weighted by Crippen LogP contribution is 2.32. The van der Waals surface area contributed by atoms with Crippen LogP contribution in [0.2, 0.25) is 0 Å². The van der Waals surface area contributed by atoms with Crippen molar-refractivity contribution in [2.24, 2.45) is 0 Å². The van der Waals surface area contributed by atoms with Gasteiger partial charge in [-0.05, 0) is 22.0 Å². The van der Waals surface area contributed by atoms with Crippen LogP contribution in [-0.2, 0) is 6.42 Å². The molecule has 1 aromatic carbocycles. The molecule has 0 amide bonds. The average Bonchev–Trinajstić information content (AvgIpc) is 2.62. The molecule has 1 aliphatic heterocycles. The Morgan fingerprint density at radius 3 is 2.94 bits per heavy atom. The molecule has 1 N–H and O–H groups in total. The van der Waals surface area contributed by atoms with Crippen LogP contribution >= 0.6 is 43.2 Å². The lowest BCUT2D eigenvalue weighted by Gasteiger charge is -2.06. The highest BCUT2D eigenvalue weighted by atomic mass is 79.9. The molecule has 0 spiro atoms. The molecule has 17 heavy (non-hydrogen) atoms. The molecule has 3 rings (SSSR count). The second-order valence-electron chi connectivity index (χ2n) is 3.63. The molecule has 0 atom stereocenters. The first-order valence-corrected chi connectivity index (χ1v) is 7.43. The standard InChI is InChI=1S/C11H9Br2N2S.BrH/c12-7-5-8(13)11-9(6-7)15-3-4-16-10(15)1-2-14-11;/h3-6,14H,1-2H2;1H/q+1;/p-1. The van der Waals surface area contributed by atoms with Crippen LogP contribution in [0.5, 0.6) is 0 Å². The minimum Gasteiger partial charge on any atom is -1.00 e. The van der Waals surface area contributed by atoms with Gasteiger partial charge in [-0.15, -0.1) is 0 Å². The van der Waals surface area contributed by atoms with Gasteiger partial charge in [0.05, 0.1) is 11.8 Å². The molecule has 0 saturated carbocycles. The van der Waals surface area contributed by atoms with Crippen molar-refractivity contribution in [3.05, 3.63) is 37.7 Å². The van der Waals surface area contributed by atoms with Crippen molar-refractivity contribution in [1.29, 1.82) is 0 Å². The quantitative estimate of drug-likeness (QED) is 0.591. The van der Waals surface area contributed by atoms with Gasteiger partial charge in [-0.1, -0.05) is 27.3 Å². The summed E-state index contributed by atoms with van der Waals surface area (Å²) in [5.74, 6) is 0. The van der Waals surface area contributed by atoms with Crippen LogP contribution < -0.4 is 26.9 Å². The highest BCUT2D eigenvalue weighted by Gasteiger charge is 2.24. The van der Waals surface area contributed by atoms with Gasteiger partial charge in [-0.25, -0.2) is 0 Å². The van der Waals surface area contributed by atoms with Crippen LogP contribution in [-0.4, -0.2) is 6.54 Å². The maximum atomic E-state index is 3.61. The number of fused-ring (bicyclic) bond motifs is 3. The minimum absolute atomic E-state index is 0. The van der Waals surface area contributed by atoms with Gasteiger partial charge in [-0.3, -0.25) is 0 Å². The third-order valence-corrected chi connectivity index (χ3v) is 4.63. The molecule has 0 radical (unpaired) electrons. The third kappa shape index (κ3) is 2.45. The number of nitrogens with zero attached hydrogens (tertiary/aromatic N) is 1. The van der Waals surface area contributed by atoms with E-state index in [0.29, 0.717) is 0 Å². The Balaban J connectivity index is 0.00000108. The van der Waals surface area contributed by atoms with Crippen molar-refractivity contribution in [2.45, 2.75) is 6.42 Å². The molecule has 2 nitrogen and oxygen atoms in total. The van der Waals surface area contributed by atoms with E-state index in [1.165, 1.54) is 16.4 Å². The zero-order valence-electron chi connectivity index (χ0n) is 8.71. The van der Waals surface area contributed by atoms with Crippen molar-refractivity contribution < 1.29 is 21.5 Å². The maximum absolute atomic E-state index is 3.61. The Bertz CT molecular complexity index is 554. The molecule has 0 saturated heterocycles. The fourth-order valence-corrected chi connectivity index (χ4v) is 4.10. The van der Waals surface area contributed by atoms with E-state index in [2.05, 4.69) is 65.5 Å². The Hall–Kier alpha value is 0.0900. The van der Waals surface area contributed by atoms with E-state index in [4.69, 9.17) is 0 Å². The molecular weight excluding hydrogens is 432 g/mol. The van der Waals surface area contributed by atoms with E-state index < -0.39 is 0 Å². The van der Waals surface area contributed by atoms with Crippen molar-refractivity contribution in [1.82, 2.24) is 0 Å². The fourth-order valence-electron chi connectivity index (χ4n) is 1.92. The number of nitrogens with one attached hydrogen (secondary N) is 1. The largest absolute Gasteiger partial charge is 1.00 e. The lowest BCUT2D eigenvalue weighted by Crippen LogP contribution is -3.00. The first-order chi connectivity index (χ1) is 7.75. The van der Waals surface area contributed by atoms with Gasteiger partial charge >= 0.3 is 0 Å². The molecule has 6 heteroatoms. The van der Waals surface area contributed by atoms with Crippen molar-refractivity contribution >= 4 is 48.9 Å². The normalized spacial score (nSPS) is 12.8. The van der Waals surface area contributed by atoms with Gasteiger partial charge < -0.3 is 22.3 Å². The van der Waals surface area contributed by atoms with Crippen LogP contribution in [0.4, 0.5) is 5.69 Å². The van der Waals surface area contributed by atoms with Gasteiger partial charge in [-0.2, -0.15) is 4.57 Å². The van der Waals surface area contributed by atoms with E-state index in [-0.39, 0.29) is 17.0 Å². The molecule has 0 bridgehead atoms. The molecule has 90 valence electrons. The highest BCUT2D eigenvalue weighted by molar-refractivity contribution is 9.11. The lowest BCUT2D eigenvalue weighted by molar-refractivity contribution is -0.596. The molecule has 2 aromatic rings. The summed E-state index contributed by atoms with van der Waals surface area (Å²) >= 11 is 8.95. The summed E-state index contributed by atoms with van der Waals surface area (Å²) < 4.78 is 4.45. The average molecular weight is 441 g/mol. The number of hydrogen-bond acceptors (Lipinski definition) is 2. The van der Waals surface area contributed by atoms with Gasteiger partial charge in [0.15, 0.2) is 6.20 Å². The molecule has 0 unspecified atom stereocenters. The molecule has 2 heterocycles. The first-order valence-electron chi connectivity index (χ1n) is 4.97. The van der Waals surface area contributed by atoms with Gasteiger partial charge in [0.2, 0.25) is 10.7 Å². The Labute approximate surface area is 131 Å². The minimum atomic E-state index is 0. The summed E-state index contributed by atoms with van der Waals surface area (Å²) in [6.45, 7) is 0.980.